The molecule has 0 saturated carbocycles. The number of piperazine rings is 1. The number of sulfonamides is 1. The smallest absolute Gasteiger partial charge is 0.351 e. The maximum atomic E-state index is 12.9. The first kappa shape index (κ1) is 22.3. The molecule has 1 N–H and O–H groups in total. The third kappa shape index (κ3) is 5.59. The lowest BCUT2D eigenvalue weighted by Crippen LogP contribution is -2.51. The summed E-state index contributed by atoms with van der Waals surface area (Å²) in [7, 11) is -4.04. The van der Waals surface area contributed by atoms with Gasteiger partial charge in [0, 0.05) is 32.7 Å². The molecule has 1 aliphatic rings. The summed E-state index contributed by atoms with van der Waals surface area (Å²) in [5.41, 5.74) is -0.0276. The van der Waals surface area contributed by atoms with Crippen molar-refractivity contribution in [1.29, 1.82) is 0 Å². The second-order valence-electron chi connectivity index (χ2n) is 6.97. The normalized spacial score (nSPS) is 16.4. The number of halogens is 3. The minimum absolute atomic E-state index is 0.102. The number of alkyl halides is 3. The van der Waals surface area contributed by atoms with Crippen LogP contribution >= 0.6 is 0 Å². The van der Waals surface area contributed by atoms with E-state index < -0.39 is 21.8 Å². The largest absolute Gasteiger partial charge is 0.416 e. The highest BCUT2D eigenvalue weighted by Gasteiger charge is 2.34. The van der Waals surface area contributed by atoms with Gasteiger partial charge in [0.2, 0.25) is 15.9 Å². The van der Waals surface area contributed by atoms with Gasteiger partial charge >= 0.3 is 6.18 Å². The van der Waals surface area contributed by atoms with Crippen molar-refractivity contribution in [3.63, 3.8) is 0 Å². The molecular formula is C20H22F3N3O3S. The van der Waals surface area contributed by atoms with E-state index in [9.17, 15) is 26.4 Å². The van der Waals surface area contributed by atoms with Gasteiger partial charge in [0.1, 0.15) is 0 Å². The Hall–Kier alpha value is -2.43. The molecule has 0 aromatic heterocycles. The molecule has 0 unspecified atom stereocenters. The minimum atomic E-state index is -4.61. The number of hydrogen-bond donors (Lipinski definition) is 1. The first-order valence-corrected chi connectivity index (χ1v) is 10.8. The van der Waals surface area contributed by atoms with Crippen LogP contribution in [0.15, 0.2) is 59.5 Å². The highest BCUT2D eigenvalue weighted by Crippen LogP contribution is 2.31. The molecule has 30 heavy (non-hydrogen) atoms. The molecule has 0 spiro atoms. The molecule has 1 heterocycles. The zero-order valence-corrected chi connectivity index (χ0v) is 16.9. The Bertz CT molecular complexity index is 974. The summed E-state index contributed by atoms with van der Waals surface area (Å²) in [6.45, 7) is 1.37. The van der Waals surface area contributed by atoms with Crippen molar-refractivity contribution >= 4 is 15.9 Å². The lowest BCUT2D eigenvalue weighted by molar-refractivity contribution is -0.137. The summed E-state index contributed by atoms with van der Waals surface area (Å²) in [5, 5.41) is 2.81. The second kappa shape index (κ2) is 9.15. The standard InChI is InChI=1S/C20H22F3N3O3S/c21-20(22,23)17-7-4-8-18(13-17)30(28,29)26-11-9-25(10-12-26)15-19(27)24-14-16-5-2-1-3-6-16/h1-8,13H,9-12,14-15H2,(H,24,27). The van der Waals surface area contributed by atoms with Crippen LogP contribution in [0.5, 0.6) is 0 Å². The molecule has 2 aromatic rings. The van der Waals surface area contributed by atoms with Crippen LogP contribution in [0.4, 0.5) is 13.2 Å². The van der Waals surface area contributed by atoms with Gasteiger partial charge in [0.25, 0.3) is 0 Å². The third-order valence-electron chi connectivity index (χ3n) is 4.83. The Labute approximate surface area is 173 Å². The van der Waals surface area contributed by atoms with Gasteiger partial charge in [-0.05, 0) is 23.8 Å². The number of carbonyl (C=O) groups excluding carboxylic acids is 1. The summed E-state index contributed by atoms with van der Waals surface area (Å²) < 4.78 is 65.3. The Kier molecular flexibility index (Phi) is 6.79. The molecule has 3 rings (SSSR count). The SMILES string of the molecule is O=C(CN1CCN(S(=O)(=O)c2cccc(C(F)(F)F)c2)CC1)NCc1ccccc1. The van der Waals surface area contributed by atoms with Crippen LogP contribution in [0, 0.1) is 0 Å². The van der Waals surface area contributed by atoms with Crippen LogP contribution in [0.25, 0.3) is 0 Å². The second-order valence-corrected chi connectivity index (χ2v) is 8.91. The average molecular weight is 441 g/mol. The van der Waals surface area contributed by atoms with Crippen molar-refractivity contribution in [2.75, 3.05) is 32.7 Å². The molecule has 2 aromatic carbocycles. The molecule has 0 aliphatic carbocycles. The fourth-order valence-corrected chi connectivity index (χ4v) is 4.63. The van der Waals surface area contributed by atoms with Gasteiger partial charge in [0.15, 0.2) is 0 Å². The van der Waals surface area contributed by atoms with E-state index in [0.717, 1.165) is 28.1 Å². The van der Waals surface area contributed by atoms with E-state index >= 15 is 0 Å². The molecule has 6 nitrogen and oxygen atoms in total. The summed E-state index contributed by atoms with van der Waals surface area (Å²) in [6, 6.07) is 13.2. The Morgan fingerprint density at radius 1 is 0.967 bits per heavy atom. The van der Waals surface area contributed by atoms with E-state index in [1.54, 1.807) is 0 Å². The highest BCUT2D eigenvalue weighted by atomic mass is 32.2. The fraction of sp³-hybridized carbons (Fsp3) is 0.350. The zero-order valence-electron chi connectivity index (χ0n) is 16.1. The zero-order chi connectivity index (χ0) is 21.8. The number of hydrogen-bond acceptors (Lipinski definition) is 4. The summed E-state index contributed by atoms with van der Waals surface area (Å²) >= 11 is 0. The van der Waals surface area contributed by atoms with Gasteiger partial charge < -0.3 is 5.32 Å². The van der Waals surface area contributed by atoms with Crippen molar-refractivity contribution in [2.45, 2.75) is 17.6 Å². The van der Waals surface area contributed by atoms with Gasteiger partial charge in [-0.15, -0.1) is 0 Å². The maximum Gasteiger partial charge on any atom is 0.416 e. The summed E-state index contributed by atoms with van der Waals surface area (Å²) in [6.07, 6.45) is -4.61. The van der Waals surface area contributed by atoms with Gasteiger partial charge in [-0.25, -0.2) is 8.42 Å². The van der Waals surface area contributed by atoms with Crippen molar-refractivity contribution in [3.05, 3.63) is 65.7 Å². The van der Waals surface area contributed by atoms with Crippen molar-refractivity contribution in [1.82, 2.24) is 14.5 Å². The predicted octanol–water partition coefficient (Wildman–Crippen LogP) is 2.33. The van der Waals surface area contributed by atoms with E-state index in [2.05, 4.69) is 5.32 Å². The van der Waals surface area contributed by atoms with Crippen LogP contribution in [0.1, 0.15) is 11.1 Å². The number of benzene rings is 2. The molecular weight excluding hydrogens is 419 g/mol. The van der Waals surface area contributed by atoms with Crippen molar-refractivity contribution in [2.24, 2.45) is 0 Å². The average Bonchev–Trinajstić information content (AvgIpc) is 2.73. The topological polar surface area (TPSA) is 69.7 Å². The number of rotatable bonds is 6. The molecule has 0 bridgehead atoms. The van der Waals surface area contributed by atoms with Gasteiger partial charge in [0.05, 0.1) is 17.0 Å². The van der Waals surface area contributed by atoms with Gasteiger partial charge in [-0.3, -0.25) is 9.69 Å². The number of nitrogens with one attached hydrogen (secondary N) is 1. The molecule has 1 fully saturated rings. The lowest BCUT2D eigenvalue weighted by Gasteiger charge is -2.33. The summed E-state index contributed by atoms with van der Waals surface area (Å²) in [5.74, 6) is -0.173. The lowest BCUT2D eigenvalue weighted by atomic mass is 10.2. The molecule has 1 amide bonds. The van der Waals surface area contributed by atoms with E-state index in [1.165, 1.54) is 0 Å². The fourth-order valence-electron chi connectivity index (χ4n) is 3.17. The quantitative estimate of drug-likeness (QED) is 0.747. The first-order chi connectivity index (χ1) is 14.2. The molecule has 1 aliphatic heterocycles. The van der Waals surface area contributed by atoms with Crippen LogP contribution in [0.2, 0.25) is 0 Å². The molecule has 10 heteroatoms. The molecule has 162 valence electrons. The molecule has 0 atom stereocenters. The predicted molar refractivity (Wildman–Crippen MR) is 105 cm³/mol. The number of amides is 1. The Morgan fingerprint density at radius 3 is 2.27 bits per heavy atom. The van der Waals surface area contributed by atoms with E-state index in [4.69, 9.17) is 0 Å². The van der Waals surface area contributed by atoms with Gasteiger partial charge in [-0.2, -0.15) is 17.5 Å². The van der Waals surface area contributed by atoms with Gasteiger partial charge in [-0.1, -0.05) is 36.4 Å². The Balaban J connectivity index is 1.54. The monoisotopic (exact) mass is 441 g/mol. The van der Waals surface area contributed by atoms with Crippen LogP contribution < -0.4 is 5.32 Å². The minimum Gasteiger partial charge on any atom is -0.351 e. The third-order valence-corrected chi connectivity index (χ3v) is 6.72. The van der Waals surface area contributed by atoms with Crippen LogP contribution in [0.3, 0.4) is 0 Å². The molecule has 1 saturated heterocycles. The number of nitrogens with zero attached hydrogens (tertiary/aromatic N) is 2. The highest BCUT2D eigenvalue weighted by molar-refractivity contribution is 7.89. The molecule has 0 radical (unpaired) electrons. The van der Waals surface area contributed by atoms with Crippen LogP contribution in [-0.2, 0) is 27.5 Å². The van der Waals surface area contributed by atoms with E-state index in [0.29, 0.717) is 25.7 Å². The van der Waals surface area contributed by atoms with E-state index in [1.807, 2.05) is 35.2 Å². The van der Waals surface area contributed by atoms with Crippen LogP contribution in [-0.4, -0.2) is 56.3 Å². The maximum absolute atomic E-state index is 12.9. The van der Waals surface area contributed by atoms with E-state index in [-0.39, 0.29) is 30.4 Å². The number of carbonyl (C=O) groups is 1. The van der Waals surface area contributed by atoms with Crippen molar-refractivity contribution in [3.8, 4) is 0 Å². The summed E-state index contributed by atoms with van der Waals surface area (Å²) in [4.78, 5) is 13.6. The van der Waals surface area contributed by atoms with Crippen molar-refractivity contribution < 1.29 is 26.4 Å². The Morgan fingerprint density at radius 2 is 1.63 bits per heavy atom. The first-order valence-electron chi connectivity index (χ1n) is 9.36.